The maximum Gasteiger partial charge on any atom is 0.123 e. The van der Waals surface area contributed by atoms with Gasteiger partial charge in [-0.25, -0.2) is 4.39 Å². The van der Waals surface area contributed by atoms with Crippen molar-refractivity contribution in [1.29, 1.82) is 0 Å². The van der Waals surface area contributed by atoms with E-state index in [1.165, 1.54) is 6.07 Å². The van der Waals surface area contributed by atoms with Crippen LogP contribution in [-0.2, 0) is 13.5 Å². The molecular formula is C16H22FN3. The summed E-state index contributed by atoms with van der Waals surface area (Å²) in [6.45, 7) is 5.06. The predicted octanol–water partition coefficient (Wildman–Crippen LogP) is 3.15. The summed E-state index contributed by atoms with van der Waals surface area (Å²) < 4.78 is 15.3. The first-order valence-corrected chi connectivity index (χ1v) is 7.08. The van der Waals surface area contributed by atoms with E-state index in [1.807, 2.05) is 32.3 Å². The first kappa shape index (κ1) is 14.7. The van der Waals surface area contributed by atoms with Crippen LogP contribution in [0.4, 0.5) is 4.39 Å². The van der Waals surface area contributed by atoms with Gasteiger partial charge < -0.3 is 5.32 Å². The van der Waals surface area contributed by atoms with Gasteiger partial charge in [-0.1, -0.05) is 13.0 Å². The Hall–Kier alpha value is -1.68. The molecule has 1 aromatic heterocycles. The van der Waals surface area contributed by atoms with E-state index >= 15 is 0 Å². The summed E-state index contributed by atoms with van der Waals surface area (Å²) in [5.41, 5.74) is 3.14. The first-order chi connectivity index (χ1) is 9.60. The minimum Gasteiger partial charge on any atom is -0.310 e. The Labute approximate surface area is 119 Å². The normalized spacial score (nSPS) is 12.6. The molecule has 3 nitrogen and oxygen atoms in total. The van der Waals surface area contributed by atoms with Crippen molar-refractivity contribution < 1.29 is 4.39 Å². The van der Waals surface area contributed by atoms with Crippen molar-refractivity contribution in [2.75, 3.05) is 6.54 Å². The average Bonchev–Trinajstić information content (AvgIpc) is 2.83. The fourth-order valence-corrected chi connectivity index (χ4v) is 2.38. The van der Waals surface area contributed by atoms with Gasteiger partial charge in [0.1, 0.15) is 5.82 Å². The molecule has 1 aromatic carbocycles. The Morgan fingerprint density at radius 1 is 1.35 bits per heavy atom. The van der Waals surface area contributed by atoms with Crippen LogP contribution in [0.1, 0.15) is 36.2 Å². The Morgan fingerprint density at radius 3 is 2.80 bits per heavy atom. The lowest BCUT2D eigenvalue weighted by molar-refractivity contribution is 0.514. The van der Waals surface area contributed by atoms with Crippen molar-refractivity contribution in [2.45, 2.75) is 32.7 Å². The van der Waals surface area contributed by atoms with Crippen LogP contribution in [-0.4, -0.2) is 16.3 Å². The van der Waals surface area contributed by atoms with Crippen LogP contribution in [0.15, 0.2) is 30.5 Å². The number of hydrogen-bond donors (Lipinski definition) is 1. The van der Waals surface area contributed by atoms with E-state index in [0.29, 0.717) is 0 Å². The molecule has 2 rings (SSSR count). The molecule has 0 aliphatic carbocycles. The molecule has 1 atom stereocenters. The topological polar surface area (TPSA) is 29.9 Å². The highest BCUT2D eigenvalue weighted by atomic mass is 19.1. The summed E-state index contributed by atoms with van der Waals surface area (Å²) in [5, 5.41) is 7.91. The van der Waals surface area contributed by atoms with E-state index in [0.717, 1.165) is 36.2 Å². The van der Waals surface area contributed by atoms with Gasteiger partial charge in [0.2, 0.25) is 0 Å². The summed E-state index contributed by atoms with van der Waals surface area (Å²) in [7, 11) is 1.91. The molecule has 1 heterocycles. The number of nitrogens with zero attached hydrogens (tertiary/aromatic N) is 2. The molecule has 0 aliphatic rings. The molecule has 0 amide bonds. The fraction of sp³-hybridized carbons (Fsp3) is 0.438. The third-order valence-electron chi connectivity index (χ3n) is 3.44. The molecule has 0 aliphatic heterocycles. The van der Waals surface area contributed by atoms with Crippen LogP contribution in [0.5, 0.6) is 0 Å². The van der Waals surface area contributed by atoms with Gasteiger partial charge in [0.25, 0.3) is 0 Å². The largest absolute Gasteiger partial charge is 0.310 e. The van der Waals surface area contributed by atoms with E-state index in [9.17, 15) is 4.39 Å². The van der Waals surface area contributed by atoms with Gasteiger partial charge in [0.15, 0.2) is 0 Å². The summed E-state index contributed by atoms with van der Waals surface area (Å²) in [4.78, 5) is 0. The summed E-state index contributed by atoms with van der Waals surface area (Å²) in [6, 6.07) is 7.08. The third kappa shape index (κ3) is 3.67. The minimum atomic E-state index is -0.185. The summed E-state index contributed by atoms with van der Waals surface area (Å²) in [5.74, 6) is -0.185. The molecule has 0 radical (unpaired) electrons. The lowest BCUT2D eigenvalue weighted by atomic mass is 9.97. The molecule has 0 spiro atoms. The number of hydrogen-bond acceptors (Lipinski definition) is 2. The highest BCUT2D eigenvalue weighted by Crippen LogP contribution is 2.22. The molecule has 2 aromatic rings. The van der Waals surface area contributed by atoms with Gasteiger partial charge in [-0.3, -0.25) is 4.68 Å². The van der Waals surface area contributed by atoms with Gasteiger partial charge in [-0.15, -0.1) is 0 Å². The van der Waals surface area contributed by atoms with Crippen molar-refractivity contribution in [2.24, 2.45) is 7.05 Å². The standard InChI is InChI=1S/C16H22FN3/c1-4-8-18-16(11-14-7-9-20(3)19-14)15-10-13(17)6-5-12(15)2/h5-7,9-10,16,18H,4,8,11H2,1-3H3. The lowest BCUT2D eigenvalue weighted by Crippen LogP contribution is -2.25. The van der Waals surface area contributed by atoms with Crippen molar-refractivity contribution in [3.05, 3.63) is 53.1 Å². The van der Waals surface area contributed by atoms with Gasteiger partial charge in [-0.05, 0) is 49.2 Å². The molecule has 4 heteroatoms. The van der Waals surface area contributed by atoms with Crippen molar-refractivity contribution in [1.82, 2.24) is 15.1 Å². The molecule has 1 unspecified atom stereocenters. The number of aromatic nitrogens is 2. The highest BCUT2D eigenvalue weighted by Gasteiger charge is 2.16. The summed E-state index contributed by atoms with van der Waals surface area (Å²) in [6.07, 6.45) is 3.75. The van der Waals surface area contributed by atoms with E-state index in [4.69, 9.17) is 0 Å². The van der Waals surface area contributed by atoms with Gasteiger partial charge in [-0.2, -0.15) is 5.10 Å². The van der Waals surface area contributed by atoms with Crippen LogP contribution < -0.4 is 5.32 Å². The maximum absolute atomic E-state index is 13.5. The first-order valence-electron chi connectivity index (χ1n) is 7.08. The third-order valence-corrected chi connectivity index (χ3v) is 3.44. The number of nitrogens with one attached hydrogen (secondary N) is 1. The van der Waals surface area contributed by atoms with Crippen LogP contribution >= 0.6 is 0 Å². The molecule has 20 heavy (non-hydrogen) atoms. The second-order valence-electron chi connectivity index (χ2n) is 5.19. The molecular weight excluding hydrogens is 253 g/mol. The monoisotopic (exact) mass is 275 g/mol. The molecule has 0 fully saturated rings. The second-order valence-corrected chi connectivity index (χ2v) is 5.19. The molecule has 108 valence electrons. The smallest absolute Gasteiger partial charge is 0.123 e. The highest BCUT2D eigenvalue weighted by molar-refractivity contribution is 5.30. The van der Waals surface area contributed by atoms with Crippen LogP contribution in [0.25, 0.3) is 0 Å². The van der Waals surface area contributed by atoms with Crippen LogP contribution in [0.2, 0.25) is 0 Å². The second kappa shape index (κ2) is 6.66. The molecule has 0 bridgehead atoms. The average molecular weight is 275 g/mol. The van der Waals surface area contributed by atoms with Crippen molar-refractivity contribution in [3.8, 4) is 0 Å². The zero-order valence-electron chi connectivity index (χ0n) is 12.4. The van der Waals surface area contributed by atoms with Gasteiger partial charge >= 0.3 is 0 Å². The SMILES string of the molecule is CCCNC(Cc1ccn(C)n1)c1cc(F)ccc1C. The van der Waals surface area contributed by atoms with Crippen molar-refractivity contribution >= 4 is 0 Å². The Kier molecular flexibility index (Phi) is 4.90. The molecule has 1 N–H and O–H groups in total. The molecule has 0 saturated heterocycles. The Bertz CT molecular complexity index is 563. The van der Waals surface area contributed by atoms with Crippen LogP contribution in [0, 0.1) is 12.7 Å². The lowest BCUT2D eigenvalue weighted by Gasteiger charge is -2.20. The fourth-order valence-electron chi connectivity index (χ4n) is 2.38. The van der Waals surface area contributed by atoms with Crippen molar-refractivity contribution in [3.63, 3.8) is 0 Å². The van der Waals surface area contributed by atoms with Gasteiger partial charge in [0.05, 0.1) is 5.69 Å². The van der Waals surface area contributed by atoms with E-state index in [-0.39, 0.29) is 11.9 Å². The zero-order chi connectivity index (χ0) is 14.5. The Morgan fingerprint density at radius 2 is 2.15 bits per heavy atom. The Balaban J connectivity index is 2.24. The predicted molar refractivity (Wildman–Crippen MR) is 79.1 cm³/mol. The van der Waals surface area contributed by atoms with E-state index in [1.54, 1.807) is 10.7 Å². The molecule has 0 saturated carbocycles. The van der Waals surface area contributed by atoms with E-state index < -0.39 is 0 Å². The van der Waals surface area contributed by atoms with E-state index in [2.05, 4.69) is 17.3 Å². The minimum absolute atomic E-state index is 0.0977. The number of benzene rings is 1. The van der Waals surface area contributed by atoms with Gasteiger partial charge in [0, 0.05) is 25.7 Å². The quantitative estimate of drug-likeness (QED) is 0.877. The number of aryl methyl sites for hydroxylation is 2. The van der Waals surface area contributed by atoms with Crippen LogP contribution in [0.3, 0.4) is 0 Å². The summed E-state index contributed by atoms with van der Waals surface area (Å²) >= 11 is 0. The number of rotatable bonds is 6. The maximum atomic E-state index is 13.5. The number of halogens is 1. The zero-order valence-corrected chi connectivity index (χ0v) is 12.4.